The first-order valence-electron chi connectivity index (χ1n) is 5.29. The molecule has 0 bridgehead atoms. The quantitative estimate of drug-likeness (QED) is 0.786. The van der Waals surface area contributed by atoms with E-state index in [0.717, 1.165) is 5.56 Å². The molecule has 0 aromatic heterocycles. The Morgan fingerprint density at radius 1 is 1.27 bits per heavy atom. The Hall–Kier alpha value is -0.890. The van der Waals surface area contributed by atoms with Gasteiger partial charge in [-0.2, -0.15) is 0 Å². The second-order valence-electron chi connectivity index (χ2n) is 5.09. The molecule has 0 spiro atoms. The van der Waals surface area contributed by atoms with Gasteiger partial charge in [-0.25, -0.2) is 4.39 Å². The molecular formula is C13H20FN. The van der Waals surface area contributed by atoms with Crippen LogP contribution < -0.4 is 5.32 Å². The van der Waals surface area contributed by atoms with Gasteiger partial charge in [0, 0.05) is 6.04 Å². The summed E-state index contributed by atoms with van der Waals surface area (Å²) in [4.78, 5) is 0. The zero-order valence-corrected chi connectivity index (χ0v) is 10.2. The lowest BCUT2D eigenvalue weighted by Gasteiger charge is -2.32. The largest absolute Gasteiger partial charge is 0.313 e. The highest BCUT2D eigenvalue weighted by molar-refractivity contribution is 5.30. The van der Waals surface area contributed by atoms with Gasteiger partial charge in [-0.15, -0.1) is 0 Å². The van der Waals surface area contributed by atoms with E-state index in [4.69, 9.17) is 0 Å². The first kappa shape index (κ1) is 12.2. The Balaban J connectivity index is 3.13. The molecule has 1 unspecified atom stereocenters. The molecule has 1 atom stereocenters. The van der Waals surface area contributed by atoms with Crippen molar-refractivity contribution in [1.29, 1.82) is 0 Å². The highest BCUT2D eigenvalue weighted by atomic mass is 19.1. The third-order valence-corrected chi connectivity index (χ3v) is 2.70. The van der Waals surface area contributed by atoms with Crippen molar-refractivity contribution in [2.24, 2.45) is 5.41 Å². The van der Waals surface area contributed by atoms with Crippen molar-refractivity contribution in [2.75, 3.05) is 7.05 Å². The molecule has 0 saturated carbocycles. The molecule has 84 valence electrons. The summed E-state index contributed by atoms with van der Waals surface area (Å²) in [6.07, 6.45) is 0. The van der Waals surface area contributed by atoms with Crippen LogP contribution in [0.25, 0.3) is 0 Å². The Morgan fingerprint density at radius 3 is 2.27 bits per heavy atom. The number of nitrogens with one attached hydrogen (secondary N) is 1. The Morgan fingerprint density at radius 2 is 1.87 bits per heavy atom. The minimum absolute atomic E-state index is 0.122. The van der Waals surface area contributed by atoms with Crippen LogP contribution in [0.1, 0.15) is 37.9 Å². The molecule has 2 heteroatoms. The molecule has 1 aromatic carbocycles. The summed E-state index contributed by atoms with van der Waals surface area (Å²) in [6.45, 7) is 8.49. The molecule has 0 saturated heterocycles. The second kappa shape index (κ2) is 4.31. The summed E-state index contributed by atoms with van der Waals surface area (Å²) >= 11 is 0. The summed E-state index contributed by atoms with van der Waals surface area (Å²) in [5.74, 6) is -0.167. The van der Waals surface area contributed by atoms with Crippen molar-refractivity contribution in [1.82, 2.24) is 5.32 Å². The van der Waals surface area contributed by atoms with Crippen molar-refractivity contribution in [3.05, 3.63) is 35.1 Å². The third kappa shape index (κ3) is 2.78. The third-order valence-electron chi connectivity index (χ3n) is 2.70. The number of hydrogen-bond donors (Lipinski definition) is 1. The molecule has 1 aromatic rings. The summed E-state index contributed by atoms with van der Waals surface area (Å²) in [6, 6.07) is 5.24. The van der Waals surface area contributed by atoms with E-state index < -0.39 is 0 Å². The average Bonchev–Trinajstić information content (AvgIpc) is 2.07. The zero-order valence-electron chi connectivity index (χ0n) is 10.2. The van der Waals surface area contributed by atoms with Crippen molar-refractivity contribution < 1.29 is 4.39 Å². The van der Waals surface area contributed by atoms with Crippen LogP contribution in [0.2, 0.25) is 0 Å². The molecule has 0 aliphatic rings. The molecular weight excluding hydrogens is 189 g/mol. The van der Waals surface area contributed by atoms with Gasteiger partial charge >= 0.3 is 0 Å². The number of benzene rings is 1. The van der Waals surface area contributed by atoms with E-state index in [9.17, 15) is 4.39 Å². The van der Waals surface area contributed by atoms with E-state index in [0.29, 0.717) is 0 Å². The summed E-state index contributed by atoms with van der Waals surface area (Å²) < 4.78 is 13.0. The van der Waals surface area contributed by atoms with Crippen molar-refractivity contribution >= 4 is 0 Å². The topological polar surface area (TPSA) is 12.0 Å². The van der Waals surface area contributed by atoms with Crippen molar-refractivity contribution in [2.45, 2.75) is 33.7 Å². The van der Waals surface area contributed by atoms with Crippen LogP contribution in [-0.2, 0) is 0 Å². The second-order valence-corrected chi connectivity index (χ2v) is 5.09. The van der Waals surface area contributed by atoms with E-state index in [-0.39, 0.29) is 17.3 Å². The van der Waals surface area contributed by atoms with Gasteiger partial charge < -0.3 is 5.32 Å². The van der Waals surface area contributed by atoms with Gasteiger partial charge in [-0.1, -0.05) is 26.8 Å². The number of halogens is 1. The summed E-state index contributed by atoms with van der Waals surface area (Å²) in [7, 11) is 1.94. The van der Waals surface area contributed by atoms with Crippen molar-refractivity contribution in [3.63, 3.8) is 0 Å². The molecule has 1 rings (SSSR count). The first-order valence-corrected chi connectivity index (χ1v) is 5.29. The van der Waals surface area contributed by atoms with Gasteiger partial charge in [0.2, 0.25) is 0 Å². The average molecular weight is 209 g/mol. The van der Waals surface area contributed by atoms with E-state index in [1.165, 1.54) is 11.6 Å². The Labute approximate surface area is 91.7 Å². The lowest BCUT2D eigenvalue weighted by atomic mass is 9.81. The molecule has 0 aliphatic carbocycles. The number of rotatable bonds is 2. The maximum Gasteiger partial charge on any atom is 0.123 e. The van der Waals surface area contributed by atoms with Crippen LogP contribution in [0.15, 0.2) is 18.2 Å². The fraction of sp³-hybridized carbons (Fsp3) is 0.538. The molecule has 15 heavy (non-hydrogen) atoms. The number of aryl methyl sites for hydroxylation is 1. The fourth-order valence-electron chi connectivity index (χ4n) is 2.02. The van der Waals surface area contributed by atoms with Gasteiger partial charge in [-0.3, -0.25) is 0 Å². The van der Waals surface area contributed by atoms with Crippen LogP contribution in [0.3, 0.4) is 0 Å². The van der Waals surface area contributed by atoms with Crippen molar-refractivity contribution in [3.8, 4) is 0 Å². The lowest BCUT2D eigenvalue weighted by molar-refractivity contribution is 0.286. The molecule has 0 amide bonds. The molecule has 1 nitrogen and oxygen atoms in total. The van der Waals surface area contributed by atoms with Gasteiger partial charge in [-0.05, 0) is 42.6 Å². The van der Waals surface area contributed by atoms with E-state index in [2.05, 4.69) is 26.1 Å². The van der Waals surface area contributed by atoms with Crippen LogP contribution in [0.5, 0.6) is 0 Å². The van der Waals surface area contributed by atoms with Gasteiger partial charge in [0.1, 0.15) is 5.82 Å². The van der Waals surface area contributed by atoms with Crippen LogP contribution in [0.4, 0.5) is 4.39 Å². The number of hydrogen-bond acceptors (Lipinski definition) is 1. The molecule has 0 heterocycles. The maximum atomic E-state index is 13.0. The van der Waals surface area contributed by atoms with Gasteiger partial charge in [0.05, 0.1) is 0 Å². The Kier molecular flexibility index (Phi) is 3.50. The minimum Gasteiger partial charge on any atom is -0.313 e. The van der Waals surface area contributed by atoms with E-state index in [1.807, 2.05) is 20.0 Å². The molecule has 0 fully saturated rings. The molecule has 0 radical (unpaired) electrons. The monoisotopic (exact) mass is 209 g/mol. The van der Waals surface area contributed by atoms with Crippen LogP contribution in [0, 0.1) is 18.2 Å². The minimum atomic E-state index is -0.167. The standard InChI is InChI=1S/C13H20FN/c1-9-8-10(14)6-7-11(9)12(15-5)13(2,3)4/h6-8,12,15H,1-5H3. The predicted molar refractivity (Wildman–Crippen MR) is 62.4 cm³/mol. The van der Waals surface area contributed by atoms with E-state index in [1.54, 1.807) is 6.07 Å². The highest BCUT2D eigenvalue weighted by Crippen LogP contribution is 2.33. The first-order chi connectivity index (χ1) is 6.86. The van der Waals surface area contributed by atoms with Gasteiger partial charge in [0.25, 0.3) is 0 Å². The smallest absolute Gasteiger partial charge is 0.123 e. The highest BCUT2D eigenvalue weighted by Gasteiger charge is 2.25. The predicted octanol–water partition coefficient (Wildman–Crippen LogP) is 3.44. The normalized spacial score (nSPS) is 14.0. The fourth-order valence-corrected chi connectivity index (χ4v) is 2.02. The van der Waals surface area contributed by atoms with E-state index >= 15 is 0 Å². The van der Waals surface area contributed by atoms with Crippen LogP contribution in [-0.4, -0.2) is 7.05 Å². The molecule has 1 N–H and O–H groups in total. The van der Waals surface area contributed by atoms with Gasteiger partial charge in [0.15, 0.2) is 0 Å². The Bertz CT molecular complexity index is 339. The maximum absolute atomic E-state index is 13.0. The SMILES string of the molecule is CNC(c1ccc(F)cc1C)C(C)(C)C. The summed E-state index contributed by atoms with van der Waals surface area (Å²) in [5.41, 5.74) is 2.30. The lowest BCUT2D eigenvalue weighted by Crippen LogP contribution is -2.30. The van der Waals surface area contributed by atoms with Crippen LogP contribution >= 0.6 is 0 Å². The molecule has 0 aliphatic heterocycles. The zero-order chi connectivity index (χ0) is 11.6. The summed E-state index contributed by atoms with van der Waals surface area (Å²) in [5, 5.41) is 3.30.